The van der Waals surface area contributed by atoms with E-state index in [1.54, 1.807) is 0 Å². The molecule has 2 nitrogen and oxygen atoms in total. The van der Waals surface area contributed by atoms with Crippen molar-refractivity contribution in [2.24, 2.45) is 0 Å². The number of rotatable bonds is 5. The van der Waals surface area contributed by atoms with E-state index in [0.29, 0.717) is 5.88 Å². The van der Waals surface area contributed by atoms with Crippen LogP contribution in [0.3, 0.4) is 0 Å². The number of aliphatic hydroxyl groups excluding tert-OH is 1. The molecule has 0 aliphatic carbocycles. The van der Waals surface area contributed by atoms with Crippen LogP contribution in [0, 0.1) is 0 Å². The fourth-order valence-electron chi connectivity index (χ4n) is 1.41. The van der Waals surface area contributed by atoms with Crippen LogP contribution < -0.4 is 17.7 Å². The highest BCUT2D eigenvalue weighted by Gasteiger charge is 2.17. The summed E-state index contributed by atoms with van der Waals surface area (Å²) in [6.07, 6.45) is -0.417. The van der Waals surface area contributed by atoms with Gasteiger partial charge >= 0.3 is 0 Å². The minimum atomic E-state index is -0.417. The van der Waals surface area contributed by atoms with Crippen molar-refractivity contribution < 1.29 is 22.8 Å². The second-order valence-electron chi connectivity index (χ2n) is 3.43. The standard InChI is InChI=1S/C11H16ClNO.ClH/c1-9(13-8-7-12)11(14)10-5-3-2-4-6-10;/h2-6,9,11,13-14H,7-8H2,1H3;1H. The normalized spacial score (nSPS) is 14.1. The first-order valence-electron chi connectivity index (χ1n) is 4.88. The van der Waals surface area contributed by atoms with Crippen molar-refractivity contribution in [2.45, 2.75) is 19.1 Å². The Kier molecular flexibility index (Phi) is 7.79. The third-order valence-corrected chi connectivity index (χ3v) is 2.50. The van der Waals surface area contributed by atoms with E-state index in [1.165, 1.54) is 0 Å². The summed E-state index contributed by atoms with van der Waals surface area (Å²) < 4.78 is 0. The number of aliphatic hydroxyl groups is 1. The van der Waals surface area contributed by atoms with Crippen molar-refractivity contribution in [3.05, 3.63) is 35.9 Å². The van der Waals surface area contributed by atoms with Gasteiger partial charge in [0, 0.05) is 0 Å². The summed E-state index contributed by atoms with van der Waals surface area (Å²) in [5, 5.41) is 12.0. The van der Waals surface area contributed by atoms with E-state index in [1.807, 2.05) is 37.3 Å². The molecule has 15 heavy (non-hydrogen) atoms. The maximum atomic E-state index is 9.94. The van der Waals surface area contributed by atoms with Crippen molar-refractivity contribution in [1.29, 1.82) is 0 Å². The Labute approximate surface area is 102 Å². The number of halogens is 2. The van der Waals surface area contributed by atoms with Crippen LogP contribution in [0.2, 0.25) is 0 Å². The van der Waals surface area contributed by atoms with Crippen molar-refractivity contribution >= 4 is 11.6 Å². The molecule has 0 saturated carbocycles. The zero-order valence-electron chi connectivity index (χ0n) is 8.74. The molecule has 0 spiro atoms. The lowest BCUT2D eigenvalue weighted by molar-refractivity contribution is -0.691. The Hall–Kier alpha value is -0.280. The van der Waals surface area contributed by atoms with E-state index in [-0.39, 0.29) is 18.4 Å². The van der Waals surface area contributed by atoms with E-state index in [9.17, 15) is 5.11 Å². The Morgan fingerprint density at radius 2 is 1.93 bits per heavy atom. The highest BCUT2D eigenvalue weighted by atomic mass is 35.5. The van der Waals surface area contributed by atoms with E-state index < -0.39 is 6.10 Å². The molecular formula is C11H17Cl2NO. The molecule has 2 atom stereocenters. The summed E-state index contributed by atoms with van der Waals surface area (Å²) in [5.41, 5.74) is 0.964. The maximum Gasteiger partial charge on any atom is 0.130 e. The fraction of sp³-hybridized carbons (Fsp3) is 0.455. The van der Waals surface area contributed by atoms with Crippen LogP contribution >= 0.6 is 11.6 Å². The topological polar surface area (TPSA) is 36.8 Å². The van der Waals surface area contributed by atoms with Crippen molar-refractivity contribution in [1.82, 2.24) is 0 Å². The largest absolute Gasteiger partial charge is 1.00 e. The quantitative estimate of drug-likeness (QED) is 0.578. The molecular weight excluding hydrogens is 233 g/mol. The minimum Gasteiger partial charge on any atom is -1.00 e. The van der Waals surface area contributed by atoms with Crippen LogP contribution in [0.1, 0.15) is 18.6 Å². The average Bonchev–Trinajstić information content (AvgIpc) is 2.26. The average molecular weight is 250 g/mol. The van der Waals surface area contributed by atoms with Crippen molar-refractivity contribution in [3.63, 3.8) is 0 Å². The first kappa shape index (κ1) is 14.7. The third kappa shape index (κ3) is 4.85. The predicted octanol–water partition coefficient (Wildman–Crippen LogP) is -2.09. The van der Waals surface area contributed by atoms with Gasteiger partial charge in [-0.3, -0.25) is 0 Å². The van der Waals surface area contributed by atoms with Crippen molar-refractivity contribution in [3.8, 4) is 0 Å². The highest BCUT2D eigenvalue weighted by molar-refractivity contribution is 6.17. The molecule has 2 unspecified atom stereocenters. The smallest absolute Gasteiger partial charge is 0.130 e. The number of alkyl halides is 1. The van der Waals surface area contributed by atoms with Gasteiger partial charge in [-0.05, 0) is 12.5 Å². The summed E-state index contributed by atoms with van der Waals surface area (Å²) in [6.45, 7) is 2.84. The Bertz CT molecular complexity index is 256. The number of nitrogens with two attached hydrogens (primary N) is 1. The molecule has 1 aromatic carbocycles. The van der Waals surface area contributed by atoms with E-state index in [2.05, 4.69) is 5.32 Å². The second-order valence-corrected chi connectivity index (χ2v) is 3.81. The first-order valence-corrected chi connectivity index (χ1v) is 5.41. The zero-order valence-corrected chi connectivity index (χ0v) is 10.2. The molecule has 4 heteroatoms. The molecule has 0 radical (unpaired) electrons. The van der Waals surface area contributed by atoms with Gasteiger partial charge in [0.05, 0.1) is 12.4 Å². The van der Waals surface area contributed by atoms with Gasteiger partial charge in [0.1, 0.15) is 12.1 Å². The van der Waals surface area contributed by atoms with Gasteiger partial charge < -0.3 is 22.8 Å². The number of quaternary nitrogens is 1. The molecule has 0 aliphatic heterocycles. The molecule has 3 N–H and O–H groups in total. The Morgan fingerprint density at radius 1 is 1.33 bits per heavy atom. The molecule has 0 amide bonds. The Balaban J connectivity index is 0.00000196. The van der Waals surface area contributed by atoms with Gasteiger partial charge in [-0.15, -0.1) is 11.6 Å². The highest BCUT2D eigenvalue weighted by Crippen LogP contribution is 2.13. The first-order chi connectivity index (χ1) is 6.75. The summed E-state index contributed by atoms with van der Waals surface area (Å²) in [4.78, 5) is 0. The summed E-state index contributed by atoms with van der Waals surface area (Å²) in [7, 11) is 0. The lowest BCUT2D eigenvalue weighted by Gasteiger charge is -2.17. The SMILES string of the molecule is CC([NH2+]CCCl)C(O)c1ccccc1.[Cl-]. The van der Waals surface area contributed by atoms with E-state index >= 15 is 0 Å². The second kappa shape index (κ2) is 7.94. The molecule has 0 bridgehead atoms. The lowest BCUT2D eigenvalue weighted by Crippen LogP contribution is -3.00. The predicted molar refractivity (Wildman–Crippen MR) is 58.4 cm³/mol. The molecule has 1 rings (SSSR count). The van der Waals surface area contributed by atoms with Gasteiger partial charge in [0.2, 0.25) is 0 Å². The van der Waals surface area contributed by atoms with Crippen LogP contribution in [0.5, 0.6) is 0 Å². The van der Waals surface area contributed by atoms with Crippen LogP contribution in [0.4, 0.5) is 0 Å². The zero-order chi connectivity index (χ0) is 10.4. The number of hydrogen-bond donors (Lipinski definition) is 2. The van der Waals surface area contributed by atoms with Gasteiger partial charge in [0.25, 0.3) is 0 Å². The van der Waals surface area contributed by atoms with E-state index in [0.717, 1.165) is 12.1 Å². The minimum absolute atomic E-state index is 0. The molecule has 86 valence electrons. The third-order valence-electron chi connectivity index (χ3n) is 2.29. The molecule has 1 aromatic rings. The van der Waals surface area contributed by atoms with Gasteiger partial charge in [0.15, 0.2) is 0 Å². The molecule has 0 aromatic heterocycles. The van der Waals surface area contributed by atoms with Crippen LogP contribution in [0.15, 0.2) is 30.3 Å². The number of benzene rings is 1. The summed E-state index contributed by atoms with van der Waals surface area (Å²) >= 11 is 5.58. The van der Waals surface area contributed by atoms with Gasteiger partial charge in [-0.25, -0.2) is 0 Å². The number of hydrogen-bond acceptors (Lipinski definition) is 1. The monoisotopic (exact) mass is 249 g/mol. The Morgan fingerprint density at radius 3 is 2.47 bits per heavy atom. The molecule has 0 aliphatic rings. The van der Waals surface area contributed by atoms with Crippen LogP contribution in [-0.4, -0.2) is 23.6 Å². The summed E-state index contributed by atoms with van der Waals surface area (Å²) in [6, 6.07) is 9.85. The molecule has 0 fully saturated rings. The molecule has 0 heterocycles. The lowest BCUT2D eigenvalue weighted by atomic mass is 10.0. The van der Waals surface area contributed by atoms with Crippen molar-refractivity contribution in [2.75, 3.05) is 12.4 Å². The van der Waals surface area contributed by atoms with Gasteiger partial charge in [-0.2, -0.15) is 0 Å². The summed E-state index contributed by atoms with van der Waals surface area (Å²) in [5.74, 6) is 0.617. The van der Waals surface area contributed by atoms with E-state index in [4.69, 9.17) is 11.6 Å². The van der Waals surface area contributed by atoms with Gasteiger partial charge in [-0.1, -0.05) is 30.3 Å². The molecule has 0 saturated heterocycles. The van der Waals surface area contributed by atoms with Crippen LogP contribution in [0.25, 0.3) is 0 Å². The fourth-order valence-corrected chi connectivity index (χ4v) is 1.53. The van der Waals surface area contributed by atoms with Crippen LogP contribution in [-0.2, 0) is 0 Å². The maximum absolute atomic E-state index is 9.94.